The van der Waals surface area contributed by atoms with E-state index >= 15 is 0 Å². The van der Waals surface area contributed by atoms with E-state index < -0.39 is 0 Å². The van der Waals surface area contributed by atoms with Gasteiger partial charge in [-0.05, 0) is 42.3 Å². The third-order valence-electron chi connectivity index (χ3n) is 3.35. The van der Waals surface area contributed by atoms with Crippen LogP contribution >= 0.6 is 15.9 Å². The maximum atomic E-state index is 12.9. The molecule has 0 aliphatic carbocycles. The lowest BCUT2D eigenvalue weighted by Crippen LogP contribution is -2.40. The molecule has 0 saturated carbocycles. The van der Waals surface area contributed by atoms with E-state index in [9.17, 15) is 4.79 Å². The van der Waals surface area contributed by atoms with Crippen LogP contribution in [0.5, 0.6) is 0 Å². The lowest BCUT2D eigenvalue weighted by Gasteiger charge is -2.29. The van der Waals surface area contributed by atoms with E-state index in [1.54, 1.807) is 13.3 Å². The van der Waals surface area contributed by atoms with Gasteiger partial charge in [0.2, 0.25) is 0 Å². The van der Waals surface area contributed by atoms with Gasteiger partial charge in [0.15, 0.2) is 0 Å². The summed E-state index contributed by atoms with van der Waals surface area (Å²) in [6.07, 6.45) is 2.59. The van der Waals surface area contributed by atoms with Gasteiger partial charge in [-0.2, -0.15) is 0 Å². The molecule has 1 amide bonds. The predicted octanol–water partition coefficient (Wildman–Crippen LogP) is 3.16. The SMILES string of the molecule is CCNc1ncc(Br)cc1C(=O)N(CCOC)C(C)CC. The van der Waals surface area contributed by atoms with Crippen molar-refractivity contribution in [3.05, 3.63) is 22.3 Å². The number of carbonyl (C=O) groups excluding carboxylic acids is 1. The maximum Gasteiger partial charge on any atom is 0.257 e. The van der Waals surface area contributed by atoms with E-state index in [0.29, 0.717) is 24.5 Å². The van der Waals surface area contributed by atoms with Crippen LogP contribution in [0.4, 0.5) is 5.82 Å². The van der Waals surface area contributed by atoms with Crippen molar-refractivity contribution in [1.29, 1.82) is 0 Å². The zero-order valence-corrected chi connectivity index (χ0v) is 14.7. The first kappa shape index (κ1) is 17.9. The Balaban J connectivity index is 3.09. The van der Waals surface area contributed by atoms with E-state index in [1.807, 2.05) is 24.8 Å². The molecule has 0 saturated heterocycles. The third kappa shape index (κ3) is 4.97. The van der Waals surface area contributed by atoms with Crippen molar-refractivity contribution in [3.63, 3.8) is 0 Å². The largest absolute Gasteiger partial charge is 0.383 e. The van der Waals surface area contributed by atoms with Crippen LogP contribution in [0.1, 0.15) is 37.6 Å². The third-order valence-corrected chi connectivity index (χ3v) is 3.78. The number of pyridine rings is 1. The molecule has 1 atom stereocenters. The Hall–Kier alpha value is -1.14. The van der Waals surface area contributed by atoms with E-state index in [2.05, 4.69) is 33.2 Å². The quantitative estimate of drug-likeness (QED) is 0.776. The minimum absolute atomic E-state index is 0.0221. The number of anilines is 1. The molecule has 0 aliphatic heterocycles. The van der Waals surface area contributed by atoms with E-state index in [1.165, 1.54) is 0 Å². The van der Waals surface area contributed by atoms with Gasteiger partial charge < -0.3 is 15.0 Å². The van der Waals surface area contributed by atoms with Crippen LogP contribution < -0.4 is 5.32 Å². The standard InChI is InChI=1S/C15H24BrN3O2/c1-5-11(3)19(7-8-21-4)15(20)13-9-12(16)10-18-14(13)17-6-2/h9-11H,5-8H2,1-4H3,(H,17,18). The van der Waals surface area contributed by atoms with Crippen LogP contribution in [0.15, 0.2) is 16.7 Å². The maximum absolute atomic E-state index is 12.9. The molecule has 0 aromatic carbocycles. The Morgan fingerprint density at radius 2 is 2.24 bits per heavy atom. The van der Waals surface area contributed by atoms with Crippen molar-refractivity contribution in [2.75, 3.05) is 32.1 Å². The number of aromatic nitrogens is 1. The van der Waals surface area contributed by atoms with Crippen molar-refractivity contribution in [3.8, 4) is 0 Å². The van der Waals surface area contributed by atoms with Gasteiger partial charge >= 0.3 is 0 Å². The number of nitrogens with one attached hydrogen (secondary N) is 1. The molecular formula is C15H24BrN3O2. The van der Waals surface area contributed by atoms with Gasteiger partial charge in [0, 0.05) is 36.9 Å². The van der Waals surface area contributed by atoms with E-state index in [4.69, 9.17) is 4.74 Å². The Morgan fingerprint density at radius 1 is 1.52 bits per heavy atom. The molecule has 0 spiro atoms. The van der Waals surface area contributed by atoms with Crippen molar-refractivity contribution in [2.45, 2.75) is 33.2 Å². The summed E-state index contributed by atoms with van der Waals surface area (Å²) in [5, 5.41) is 3.14. The summed E-state index contributed by atoms with van der Waals surface area (Å²) >= 11 is 3.39. The highest BCUT2D eigenvalue weighted by atomic mass is 79.9. The Bertz CT molecular complexity index is 468. The van der Waals surface area contributed by atoms with Gasteiger partial charge in [0.1, 0.15) is 5.82 Å². The fourth-order valence-corrected chi connectivity index (χ4v) is 2.33. The van der Waals surface area contributed by atoms with Crippen LogP contribution in [0.25, 0.3) is 0 Å². The zero-order valence-electron chi connectivity index (χ0n) is 13.1. The number of rotatable bonds is 8. The second-order valence-electron chi connectivity index (χ2n) is 4.83. The average Bonchev–Trinajstić information content (AvgIpc) is 2.49. The van der Waals surface area contributed by atoms with E-state index in [-0.39, 0.29) is 11.9 Å². The first-order chi connectivity index (χ1) is 10.0. The van der Waals surface area contributed by atoms with Gasteiger partial charge in [0.25, 0.3) is 5.91 Å². The topological polar surface area (TPSA) is 54.5 Å². The van der Waals surface area contributed by atoms with Crippen LogP contribution in [0.3, 0.4) is 0 Å². The van der Waals surface area contributed by atoms with Gasteiger partial charge in [-0.25, -0.2) is 4.98 Å². The van der Waals surface area contributed by atoms with Gasteiger partial charge in [-0.1, -0.05) is 6.92 Å². The summed E-state index contributed by atoms with van der Waals surface area (Å²) in [5.41, 5.74) is 0.586. The molecule has 1 aromatic heterocycles. The average molecular weight is 358 g/mol. The van der Waals surface area contributed by atoms with Gasteiger partial charge in [0.05, 0.1) is 12.2 Å². The van der Waals surface area contributed by atoms with Crippen molar-refractivity contribution >= 4 is 27.7 Å². The molecule has 0 radical (unpaired) electrons. The van der Waals surface area contributed by atoms with Crippen molar-refractivity contribution < 1.29 is 9.53 Å². The number of methoxy groups -OCH3 is 1. The minimum Gasteiger partial charge on any atom is -0.383 e. The lowest BCUT2D eigenvalue weighted by molar-refractivity contribution is 0.0614. The number of hydrogen-bond donors (Lipinski definition) is 1. The minimum atomic E-state index is -0.0221. The molecule has 1 unspecified atom stereocenters. The molecule has 21 heavy (non-hydrogen) atoms. The normalized spacial score (nSPS) is 12.0. The van der Waals surface area contributed by atoms with Crippen LogP contribution in [0, 0.1) is 0 Å². The molecular weight excluding hydrogens is 334 g/mol. The lowest BCUT2D eigenvalue weighted by atomic mass is 10.1. The summed E-state index contributed by atoms with van der Waals surface area (Å²) in [6, 6.07) is 1.97. The van der Waals surface area contributed by atoms with Crippen LogP contribution in [0.2, 0.25) is 0 Å². The predicted molar refractivity (Wildman–Crippen MR) is 88.8 cm³/mol. The molecule has 5 nitrogen and oxygen atoms in total. The molecule has 1 N–H and O–H groups in total. The second-order valence-corrected chi connectivity index (χ2v) is 5.74. The molecule has 1 aromatic rings. The monoisotopic (exact) mass is 357 g/mol. The Labute approximate surface area is 135 Å². The number of carbonyl (C=O) groups is 1. The highest BCUT2D eigenvalue weighted by molar-refractivity contribution is 9.10. The highest BCUT2D eigenvalue weighted by Crippen LogP contribution is 2.21. The number of halogens is 1. The fraction of sp³-hybridized carbons (Fsp3) is 0.600. The van der Waals surface area contributed by atoms with E-state index in [0.717, 1.165) is 17.4 Å². The molecule has 0 bridgehead atoms. The summed E-state index contributed by atoms with van der Waals surface area (Å²) in [7, 11) is 1.64. The zero-order chi connectivity index (χ0) is 15.8. The first-order valence-corrected chi connectivity index (χ1v) is 8.03. The summed E-state index contributed by atoms with van der Waals surface area (Å²) < 4.78 is 5.91. The number of hydrogen-bond acceptors (Lipinski definition) is 4. The van der Waals surface area contributed by atoms with Crippen molar-refractivity contribution in [1.82, 2.24) is 9.88 Å². The van der Waals surface area contributed by atoms with Gasteiger partial charge in [-0.15, -0.1) is 0 Å². The summed E-state index contributed by atoms with van der Waals surface area (Å²) in [4.78, 5) is 19.0. The number of amides is 1. The Morgan fingerprint density at radius 3 is 2.81 bits per heavy atom. The van der Waals surface area contributed by atoms with Crippen molar-refractivity contribution in [2.24, 2.45) is 0 Å². The van der Waals surface area contributed by atoms with Crippen LogP contribution in [-0.2, 0) is 4.74 Å². The first-order valence-electron chi connectivity index (χ1n) is 7.24. The smallest absolute Gasteiger partial charge is 0.257 e. The van der Waals surface area contributed by atoms with Gasteiger partial charge in [-0.3, -0.25) is 4.79 Å². The molecule has 0 aliphatic rings. The molecule has 1 rings (SSSR count). The molecule has 118 valence electrons. The summed E-state index contributed by atoms with van der Waals surface area (Å²) in [5.74, 6) is 0.600. The van der Waals surface area contributed by atoms with Crippen LogP contribution in [-0.4, -0.2) is 48.6 Å². The molecule has 1 heterocycles. The summed E-state index contributed by atoms with van der Waals surface area (Å²) in [6.45, 7) is 7.91. The number of ether oxygens (including phenoxy) is 1. The molecule has 6 heteroatoms. The molecule has 0 fully saturated rings. The fourth-order valence-electron chi connectivity index (χ4n) is 2.00. The number of nitrogens with zero attached hydrogens (tertiary/aromatic N) is 2. The second kappa shape index (κ2) is 9.00. The highest BCUT2D eigenvalue weighted by Gasteiger charge is 2.23. The Kier molecular flexibility index (Phi) is 7.67.